The molecule has 94 valence electrons. The molecule has 0 spiro atoms. The summed E-state index contributed by atoms with van der Waals surface area (Å²) in [5.41, 5.74) is 1.18. The molecule has 1 aromatic rings. The van der Waals surface area contributed by atoms with Crippen molar-refractivity contribution in [1.82, 2.24) is 4.90 Å². The van der Waals surface area contributed by atoms with Gasteiger partial charge in [0.25, 0.3) is 0 Å². The van der Waals surface area contributed by atoms with Crippen LogP contribution < -0.4 is 4.74 Å². The van der Waals surface area contributed by atoms with Crippen molar-refractivity contribution in [3.05, 3.63) is 29.8 Å². The summed E-state index contributed by atoms with van der Waals surface area (Å²) in [5, 5.41) is 0. The molecule has 0 atom stereocenters. The summed E-state index contributed by atoms with van der Waals surface area (Å²) in [7, 11) is 3.75. The standard InChI is InChI=1S/C14H21NO2/c1-12(16)7-6-10-15(2)11-13-8-4-5-9-14(13)17-3/h4-5,8-9H,6-7,10-11H2,1-3H3. The summed E-state index contributed by atoms with van der Waals surface area (Å²) < 4.78 is 5.31. The molecule has 0 bridgehead atoms. The summed E-state index contributed by atoms with van der Waals surface area (Å²) >= 11 is 0. The van der Waals surface area contributed by atoms with Crippen molar-refractivity contribution < 1.29 is 9.53 Å². The van der Waals surface area contributed by atoms with Crippen LogP contribution in [0.2, 0.25) is 0 Å². The molecule has 0 amide bonds. The van der Waals surface area contributed by atoms with Crippen LogP contribution in [-0.4, -0.2) is 31.4 Å². The monoisotopic (exact) mass is 235 g/mol. The molecule has 0 aliphatic rings. The number of benzene rings is 1. The fourth-order valence-electron chi connectivity index (χ4n) is 1.80. The van der Waals surface area contributed by atoms with Crippen LogP contribution in [0, 0.1) is 0 Å². The predicted molar refractivity (Wildman–Crippen MR) is 69.2 cm³/mol. The van der Waals surface area contributed by atoms with E-state index >= 15 is 0 Å². The number of ether oxygens (including phenoxy) is 1. The fourth-order valence-corrected chi connectivity index (χ4v) is 1.80. The Labute approximate surface area is 103 Å². The van der Waals surface area contributed by atoms with E-state index in [9.17, 15) is 4.79 Å². The molecule has 3 heteroatoms. The van der Waals surface area contributed by atoms with Gasteiger partial charge in [0.1, 0.15) is 11.5 Å². The van der Waals surface area contributed by atoms with E-state index in [0.717, 1.165) is 25.3 Å². The summed E-state index contributed by atoms with van der Waals surface area (Å²) in [5.74, 6) is 1.18. The number of hydrogen-bond acceptors (Lipinski definition) is 3. The molecule has 0 heterocycles. The molecular weight excluding hydrogens is 214 g/mol. The maximum Gasteiger partial charge on any atom is 0.129 e. The van der Waals surface area contributed by atoms with Crippen molar-refractivity contribution in [2.45, 2.75) is 26.3 Å². The number of Topliss-reactive ketones (excluding diaryl/α,β-unsaturated/α-hetero) is 1. The molecule has 0 aliphatic carbocycles. The highest BCUT2D eigenvalue weighted by atomic mass is 16.5. The summed E-state index contributed by atoms with van der Waals surface area (Å²) in [6.07, 6.45) is 1.58. The van der Waals surface area contributed by atoms with Gasteiger partial charge in [-0.2, -0.15) is 0 Å². The van der Waals surface area contributed by atoms with Crippen molar-refractivity contribution in [3.63, 3.8) is 0 Å². The van der Waals surface area contributed by atoms with Crippen LogP contribution in [0.1, 0.15) is 25.3 Å². The number of rotatable bonds is 7. The van der Waals surface area contributed by atoms with Crippen LogP contribution in [0.25, 0.3) is 0 Å². The van der Waals surface area contributed by atoms with Crippen LogP contribution in [-0.2, 0) is 11.3 Å². The highest BCUT2D eigenvalue weighted by molar-refractivity contribution is 5.75. The second kappa shape index (κ2) is 7.07. The minimum Gasteiger partial charge on any atom is -0.496 e. The average Bonchev–Trinajstić information content (AvgIpc) is 2.29. The van der Waals surface area contributed by atoms with Crippen molar-refractivity contribution in [3.8, 4) is 5.75 Å². The number of methoxy groups -OCH3 is 1. The summed E-state index contributed by atoms with van der Waals surface area (Å²) in [6, 6.07) is 8.03. The van der Waals surface area contributed by atoms with Crippen LogP contribution >= 0.6 is 0 Å². The molecule has 0 saturated heterocycles. The first kappa shape index (κ1) is 13.7. The van der Waals surface area contributed by atoms with Crippen molar-refractivity contribution >= 4 is 5.78 Å². The summed E-state index contributed by atoms with van der Waals surface area (Å²) in [6.45, 7) is 3.42. The average molecular weight is 235 g/mol. The van der Waals surface area contributed by atoms with Gasteiger partial charge in [0.2, 0.25) is 0 Å². The largest absolute Gasteiger partial charge is 0.496 e. The van der Waals surface area contributed by atoms with Crippen LogP contribution in [0.5, 0.6) is 5.75 Å². The first-order valence-electron chi connectivity index (χ1n) is 5.93. The lowest BCUT2D eigenvalue weighted by atomic mass is 10.2. The van der Waals surface area contributed by atoms with E-state index in [1.807, 2.05) is 18.2 Å². The normalized spacial score (nSPS) is 10.6. The Kier molecular flexibility index (Phi) is 5.70. The number of nitrogens with zero attached hydrogens (tertiary/aromatic N) is 1. The highest BCUT2D eigenvalue weighted by Gasteiger charge is 2.05. The Morgan fingerprint density at radius 3 is 2.71 bits per heavy atom. The van der Waals surface area contributed by atoms with Crippen LogP contribution in [0.3, 0.4) is 0 Å². The highest BCUT2D eigenvalue weighted by Crippen LogP contribution is 2.18. The lowest BCUT2D eigenvalue weighted by Gasteiger charge is -2.17. The maximum atomic E-state index is 10.8. The van der Waals surface area contributed by atoms with E-state index in [-0.39, 0.29) is 5.78 Å². The fraction of sp³-hybridized carbons (Fsp3) is 0.500. The van der Waals surface area contributed by atoms with Gasteiger partial charge in [0.05, 0.1) is 7.11 Å². The quantitative estimate of drug-likeness (QED) is 0.727. The van der Waals surface area contributed by atoms with Gasteiger partial charge in [-0.15, -0.1) is 0 Å². The maximum absolute atomic E-state index is 10.8. The first-order chi connectivity index (χ1) is 8.13. The van der Waals surface area contributed by atoms with E-state index in [4.69, 9.17) is 4.74 Å². The Morgan fingerprint density at radius 1 is 1.35 bits per heavy atom. The van der Waals surface area contributed by atoms with Gasteiger partial charge >= 0.3 is 0 Å². The molecule has 0 saturated carbocycles. The Bertz CT molecular complexity index is 363. The van der Waals surface area contributed by atoms with Gasteiger partial charge in [-0.3, -0.25) is 0 Å². The number of carbonyl (C=O) groups is 1. The molecule has 1 rings (SSSR count). The van der Waals surface area contributed by atoms with Gasteiger partial charge < -0.3 is 14.4 Å². The van der Waals surface area contributed by atoms with Crippen LogP contribution in [0.15, 0.2) is 24.3 Å². The minimum atomic E-state index is 0.260. The second-order valence-electron chi connectivity index (χ2n) is 4.36. The topological polar surface area (TPSA) is 29.5 Å². The zero-order valence-corrected chi connectivity index (χ0v) is 10.9. The van der Waals surface area contributed by atoms with Crippen LogP contribution in [0.4, 0.5) is 0 Å². The van der Waals surface area contributed by atoms with Gasteiger partial charge in [-0.25, -0.2) is 0 Å². The number of hydrogen-bond donors (Lipinski definition) is 0. The predicted octanol–water partition coefficient (Wildman–Crippen LogP) is 2.50. The molecule has 17 heavy (non-hydrogen) atoms. The minimum absolute atomic E-state index is 0.260. The van der Waals surface area contributed by atoms with Gasteiger partial charge in [-0.05, 0) is 33.0 Å². The smallest absolute Gasteiger partial charge is 0.129 e. The molecule has 3 nitrogen and oxygen atoms in total. The number of carbonyl (C=O) groups excluding carboxylic acids is 1. The third-order valence-corrected chi connectivity index (χ3v) is 2.70. The van der Waals surface area contributed by atoms with E-state index < -0.39 is 0 Å². The number of ketones is 1. The van der Waals surface area contributed by atoms with E-state index in [2.05, 4.69) is 18.0 Å². The van der Waals surface area contributed by atoms with Gasteiger partial charge in [0, 0.05) is 18.5 Å². The molecule has 0 aliphatic heterocycles. The molecular formula is C14H21NO2. The first-order valence-corrected chi connectivity index (χ1v) is 5.93. The Morgan fingerprint density at radius 2 is 2.06 bits per heavy atom. The molecule has 1 aromatic carbocycles. The van der Waals surface area contributed by atoms with Crippen molar-refractivity contribution in [1.29, 1.82) is 0 Å². The van der Waals surface area contributed by atoms with E-state index in [0.29, 0.717) is 6.42 Å². The van der Waals surface area contributed by atoms with E-state index in [1.165, 1.54) is 5.56 Å². The molecule has 0 aromatic heterocycles. The van der Waals surface area contributed by atoms with Crippen molar-refractivity contribution in [2.75, 3.05) is 20.7 Å². The van der Waals surface area contributed by atoms with E-state index in [1.54, 1.807) is 14.0 Å². The zero-order valence-electron chi connectivity index (χ0n) is 10.9. The van der Waals surface area contributed by atoms with Gasteiger partial charge in [0.15, 0.2) is 0 Å². The molecule has 0 unspecified atom stereocenters. The second-order valence-corrected chi connectivity index (χ2v) is 4.36. The van der Waals surface area contributed by atoms with Gasteiger partial charge in [-0.1, -0.05) is 18.2 Å². The third-order valence-electron chi connectivity index (χ3n) is 2.70. The van der Waals surface area contributed by atoms with Crippen molar-refractivity contribution in [2.24, 2.45) is 0 Å². The number of para-hydroxylation sites is 1. The zero-order chi connectivity index (χ0) is 12.7. The Balaban J connectivity index is 2.44. The lowest BCUT2D eigenvalue weighted by molar-refractivity contribution is -0.117. The lowest BCUT2D eigenvalue weighted by Crippen LogP contribution is -2.20. The summed E-state index contributed by atoms with van der Waals surface area (Å²) in [4.78, 5) is 13.1. The molecule has 0 radical (unpaired) electrons. The molecule has 0 fully saturated rings. The SMILES string of the molecule is COc1ccccc1CN(C)CCCC(C)=O. The Hall–Kier alpha value is -1.35. The molecule has 0 N–H and O–H groups in total. The third kappa shape index (κ3) is 5.00.